The summed E-state index contributed by atoms with van der Waals surface area (Å²) >= 11 is 0. The van der Waals surface area contributed by atoms with Gasteiger partial charge in [-0.05, 0) is 31.2 Å². The summed E-state index contributed by atoms with van der Waals surface area (Å²) in [5, 5.41) is 12.5. The van der Waals surface area contributed by atoms with E-state index in [1.807, 2.05) is 24.3 Å². The van der Waals surface area contributed by atoms with Crippen LogP contribution in [0.15, 0.2) is 29.4 Å². The molecule has 0 fully saturated rings. The zero-order valence-corrected chi connectivity index (χ0v) is 18.9. The van der Waals surface area contributed by atoms with Crippen molar-refractivity contribution in [1.29, 1.82) is 0 Å². The second kappa shape index (κ2) is 17.2. The molecule has 3 nitrogen and oxygen atoms in total. The summed E-state index contributed by atoms with van der Waals surface area (Å²) in [6.45, 7) is 4.42. The minimum atomic E-state index is -0.144. The van der Waals surface area contributed by atoms with Crippen molar-refractivity contribution < 1.29 is 10.0 Å². The van der Waals surface area contributed by atoms with Crippen molar-refractivity contribution >= 4 is 11.5 Å². The van der Waals surface area contributed by atoms with Crippen molar-refractivity contribution in [2.75, 3.05) is 0 Å². The first kappa shape index (κ1) is 25.4. The summed E-state index contributed by atoms with van der Waals surface area (Å²) in [4.78, 5) is 12.5. The number of oxime groups is 1. The summed E-state index contributed by atoms with van der Waals surface area (Å²) in [6, 6.07) is 7.86. The van der Waals surface area contributed by atoms with Crippen LogP contribution in [0.3, 0.4) is 0 Å². The third kappa shape index (κ3) is 11.8. The van der Waals surface area contributed by atoms with Crippen LogP contribution in [0, 0.1) is 0 Å². The lowest BCUT2D eigenvalue weighted by Crippen LogP contribution is -2.14. The fourth-order valence-corrected chi connectivity index (χ4v) is 3.73. The summed E-state index contributed by atoms with van der Waals surface area (Å²) < 4.78 is 0. The monoisotopic (exact) mass is 401 g/mol. The number of Topliss-reactive ketones (excluding diaryl/α,β-unsaturated/α-hetero) is 1. The van der Waals surface area contributed by atoms with Gasteiger partial charge >= 0.3 is 0 Å². The summed E-state index contributed by atoms with van der Waals surface area (Å²) in [5.41, 5.74) is 2.19. The average Bonchev–Trinajstić information content (AvgIpc) is 2.75. The molecule has 0 heterocycles. The van der Waals surface area contributed by atoms with Crippen LogP contribution in [0.5, 0.6) is 0 Å². The second-order valence-corrected chi connectivity index (χ2v) is 8.32. The maximum Gasteiger partial charge on any atom is 0.210 e. The molecule has 0 aliphatic heterocycles. The van der Waals surface area contributed by atoms with Gasteiger partial charge in [0.25, 0.3) is 0 Å². The first-order chi connectivity index (χ1) is 14.2. The minimum Gasteiger partial charge on any atom is -0.411 e. The van der Waals surface area contributed by atoms with Gasteiger partial charge in [-0.1, -0.05) is 120 Å². The molecule has 0 aliphatic rings. The van der Waals surface area contributed by atoms with Crippen LogP contribution in [-0.4, -0.2) is 16.7 Å². The highest BCUT2D eigenvalue weighted by molar-refractivity contribution is 6.45. The fraction of sp³-hybridized carbons (Fsp3) is 0.692. The topological polar surface area (TPSA) is 49.7 Å². The first-order valence-corrected chi connectivity index (χ1v) is 12.1. The molecule has 0 amide bonds. The highest BCUT2D eigenvalue weighted by Crippen LogP contribution is 2.14. The molecular weight excluding hydrogens is 358 g/mol. The maximum absolute atomic E-state index is 12.5. The minimum absolute atomic E-state index is 0.144. The maximum atomic E-state index is 12.5. The molecule has 164 valence electrons. The second-order valence-electron chi connectivity index (χ2n) is 8.32. The van der Waals surface area contributed by atoms with E-state index in [1.165, 1.54) is 69.8 Å². The Hall–Kier alpha value is -1.64. The molecule has 1 N–H and O–H groups in total. The van der Waals surface area contributed by atoms with Crippen LogP contribution in [0.4, 0.5) is 0 Å². The molecule has 0 unspecified atom stereocenters. The molecule has 29 heavy (non-hydrogen) atoms. The molecule has 1 aromatic carbocycles. The van der Waals surface area contributed by atoms with Gasteiger partial charge in [-0.15, -0.1) is 0 Å². The fourth-order valence-electron chi connectivity index (χ4n) is 3.73. The van der Waals surface area contributed by atoms with Crippen molar-refractivity contribution in [3.63, 3.8) is 0 Å². The molecule has 0 radical (unpaired) electrons. The van der Waals surface area contributed by atoms with Gasteiger partial charge in [0.05, 0.1) is 0 Å². The normalized spacial score (nSPS) is 11.7. The third-order valence-corrected chi connectivity index (χ3v) is 5.69. The van der Waals surface area contributed by atoms with Gasteiger partial charge in [0.2, 0.25) is 5.78 Å². The van der Waals surface area contributed by atoms with Crippen LogP contribution in [0.2, 0.25) is 0 Å². The molecule has 0 bridgehead atoms. The molecule has 0 atom stereocenters. The lowest BCUT2D eigenvalue weighted by atomic mass is 9.99. The Morgan fingerprint density at radius 2 is 1.21 bits per heavy atom. The van der Waals surface area contributed by atoms with E-state index in [0.717, 1.165) is 32.1 Å². The van der Waals surface area contributed by atoms with Crippen molar-refractivity contribution in [1.82, 2.24) is 0 Å². The van der Waals surface area contributed by atoms with Crippen molar-refractivity contribution in [3.8, 4) is 0 Å². The van der Waals surface area contributed by atoms with Crippen LogP contribution in [-0.2, 0) is 6.42 Å². The Morgan fingerprint density at radius 1 is 0.724 bits per heavy atom. The first-order valence-electron chi connectivity index (χ1n) is 12.1. The van der Waals surface area contributed by atoms with E-state index < -0.39 is 0 Å². The van der Waals surface area contributed by atoms with E-state index in [0.29, 0.717) is 12.0 Å². The van der Waals surface area contributed by atoms with E-state index in [2.05, 4.69) is 19.0 Å². The molecule has 1 rings (SSSR count). The number of hydrogen-bond acceptors (Lipinski definition) is 3. The number of unbranched alkanes of at least 4 members (excludes halogenated alkanes) is 12. The van der Waals surface area contributed by atoms with E-state index >= 15 is 0 Å². The Balaban J connectivity index is 2.23. The number of carbonyl (C=O) groups is 1. The van der Waals surface area contributed by atoms with Crippen molar-refractivity contribution in [2.45, 2.75) is 117 Å². The molecule has 0 spiro atoms. The van der Waals surface area contributed by atoms with E-state index in [-0.39, 0.29) is 11.5 Å². The molecule has 0 saturated heterocycles. The standard InChI is InChI=1S/C26H43NO2/c1-3-5-7-9-10-11-12-13-14-15-17-23-19-21-24(22-20-23)26(28)25(27-29)18-16-8-6-4-2/h19-22,29H,3-18H2,1-2H3/b27-25+. The van der Waals surface area contributed by atoms with Gasteiger partial charge in [0.1, 0.15) is 5.71 Å². The summed E-state index contributed by atoms with van der Waals surface area (Å²) in [6.07, 6.45) is 19.4. The van der Waals surface area contributed by atoms with Gasteiger partial charge in [-0.3, -0.25) is 4.79 Å². The Kier molecular flexibility index (Phi) is 15.1. The molecular formula is C26H43NO2. The quantitative estimate of drug-likeness (QED) is 0.0887. The van der Waals surface area contributed by atoms with Crippen LogP contribution < -0.4 is 0 Å². The smallest absolute Gasteiger partial charge is 0.210 e. The van der Waals surface area contributed by atoms with Crippen LogP contribution in [0.25, 0.3) is 0 Å². The van der Waals surface area contributed by atoms with E-state index in [9.17, 15) is 10.0 Å². The van der Waals surface area contributed by atoms with Crippen molar-refractivity contribution in [2.24, 2.45) is 5.16 Å². The molecule has 3 heteroatoms. The molecule has 0 saturated carbocycles. The lowest BCUT2D eigenvalue weighted by Gasteiger charge is -2.06. The lowest BCUT2D eigenvalue weighted by molar-refractivity contribution is 0.105. The Labute approximate surface area is 179 Å². The number of nitrogens with zero attached hydrogens (tertiary/aromatic N) is 1. The van der Waals surface area contributed by atoms with Crippen LogP contribution in [0.1, 0.15) is 126 Å². The van der Waals surface area contributed by atoms with Gasteiger partial charge < -0.3 is 5.21 Å². The van der Waals surface area contributed by atoms with Gasteiger partial charge in [-0.2, -0.15) is 0 Å². The van der Waals surface area contributed by atoms with Gasteiger partial charge in [0.15, 0.2) is 0 Å². The highest BCUT2D eigenvalue weighted by atomic mass is 16.4. The highest BCUT2D eigenvalue weighted by Gasteiger charge is 2.14. The zero-order valence-electron chi connectivity index (χ0n) is 18.9. The van der Waals surface area contributed by atoms with E-state index in [4.69, 9.17) is 0 Å². The predicted molar refractivity (Wildman–Crippen MR) is 124 cm³/mol. The average molecular weight is 402 g/mol. The number of ketones is 1. The molecule has 0 aliphatic carbocycles. The number of rotatable bonds is 18. The molecule has 1 aromatic rings. The Morgan fingerprint density at radius 3 is 1.72 bits per heavy atom. The summed E-state index contributed by atoms with van der Waals surface area (Å²) in [5.74, 6) is -0.144. The third-order valence-electron chi connectivity index (χ3n) is 5.69. The SMILES string of the molecule is CCCCCCCCCCCCc1ccc(C(=O)/C(CCCCCC)=N/O)cc1. The number of aryl methyl sites for hydroxylation is 1. The predicted octanol–water partition coefficient (Wildman–Crippen LogP) is 8.13. The largest absolute Gasteiger partial charge is 0.411 e. The van der Waals surface area contributed by atoms with Gasteiger partial charge in [0, 0.05) is 5.56 Å². The van der Waals surface area contributed by atoms with Crippen molar-refractivity contribution in [3.05, 3.63) is 35.4 Å². The summed E-state index contributed by atoms with van der Waals surface area (Å²) in [7, 11) is 0. The number of carbonyl (C=O) groups excluding carboxylic acids is 1. The zero-order chi connectivity index (χ0) is 21.2. The number of hydrogen-bond donors (Lipinski definition) is 1. The molecule has 0 aromatic heterocycles. The van der Waals surface area contributed by atoms with E-state index in [1.54, 1.807) is 0 Å². The van der Waals surface area contributed by atoms with Gasteiger partial charge in [-0.25, -0.2) is 0 Å². The Bertz CT molecular complexity index is 563. The van der Waals surface area contributed by atoms with Crippen LogP contribution >= 0.6 is 0 Å². The number of benzene rings is 1.